The number of hydrogen-bond donors (Lipinski definition) is 1. The predicted molar refractivity (Wildman–Crippen MR) is 80.3 cm³/mol. The van der Waals surface area contributed by atoms with Crippen LogP contribution < -0.4 is 5.56 Å². The molecular weight excluding hydrogens is 294 g/mol. The maximum atomic E-state index is 12.0. The number of nitrogens with one attached hydrogen (secondary N) is 1. The molecule has 7 heteroatoms. The van der Waals surface area contributed by atoms with Crippen molar-refractivity contribution in [2.75, 3.05) is 20.2 Å². The number of hydrogen-bond acceptors (Lipinski definition) is 5. The summed E-state index contributed by atoms with van der Waals surface area (Å²) < 4.78 is 4.64. The third-order valence-electron chi connectivity index (χ3n) is 3.12. The largest absolute Gasteiger partial charge is 0.468 e. The molecule has 0 amide bonds. The number of H-pyrrole nitrogens is 1. The van der Waals surface area contributed by atoms with Gasteiger partial charge >= 0.3 is 5.97 Å². The van der Waals surface area contributed by atoms with Gasteiger partial charge in [-0.3, -0.25) is 14.5 Å². The molecule has 112 valence electrons. The van der Waals surface area contributed by atoms with E-state index in [1.807, 2.05) is 11.8 Å². The molecule has 0 radical (unpaired) electrons. The molecule has 0 aliphatic heterocycles. The lowest BCUT2D eigenvalue weighted by Crippen LogP contribution is -2.31. The minimum atomic E-state index is -0.327. The van der Waals surface area contributed by atoms with Crippen molar-refractivity contribution in [3.05, 3.63) is 39.4 Å². The van der Waals surface area contributed by atoms with Crippen molar-refractivity contribution in [2.45, 2.75) is 13.5 Å². The van der Waals surface area contributed by atoms with Gasteiger partial charge in [-0.25, -0.2) is 4.98 Å². The van der Waals surface area contributed by atoms with Crippen LogP contribution in [0.1, 0.15) is 12.7 Å². The normalized spacial score (nSPS) is 11.0. The minimum absolute atomic E-state index is 0.148. The zero-order valence-electron chi connectivity index (χ0n) is 11.9. The van der Waals surface area contributed by atoms with Crippen LogP contribution in [0.3, 0.4) is 0 Å². The molecule has 0 atom stereocenters. The molecule has 0 aliphatic rings. The van der Waals surface area contributed by atoms with Crippen molar-refractivity contribution in [2.24, 2.45) is 0 Å². The number of likely N-dealkylation sites (N-methyl/N-ethyl adjacent to an activating group) is 1. The highest BCUT2D eigenvalue weighted by atomic mass is 35.5. The number of halogens is 1. The maximum absolute atomic E-state index is 12.0. The van der Waals surface area contributed by atoms with Crippen LogP contribution in [0, 0.1) is 0 Å². The lowest BCUT2D eigenvalue weighted by molar-refractivity contribution is -0.142. The highest BCUT2D eigenvalue weighted by molar-refractivity contribution is 6.31. The van der Waals surface area contributed by atoms with Crippen molar-refractivity contribution in [3.8, 4) is 0 Å². The van der Waals surface area contributed by atoms with Crippen molar-refractivity contribution >= 4 is 28.5 Å². The van der Waals surface area contributed by atoms with E-state index >= 15 is 0 Å². The fraction of sp³-hybridized carbons (Fsp3) is 0.357. The number of benzene rings is 1. The summed E-state index contributed by atoms with van der Waals surface area (Å²) in [5.74, 6) is 0.173. The number of ether oxygens (including phenoxy) is 1. The van der Waals surface area contributed by atoms with Crippen LogP contribution in [0.4, 0.5) is 0 Å². The average Bonchev–Trinajstić information content (AvgIpc) is 2.47. The first-order valence-electron chi connectivity index (χ1n) is 6.51. The van der Waals surface area contributed by atoms with E-state index in [4.69, 9.17) is 11.6 Å². The second-order valence-electron chi connectivity index (χ2n) is 4.55. The van der Waals surface area contributed by atoms with E-state index in [-0.39, 0.29) is 18.1 Å². The zero-order valence-corrected chi connectivity index (χ0v) is 12.6. The molecule has 0 unspecified atom stereocenters. The molecule has 1 aromatic carbocycles. The summed E-state index contributed by atoms with van der Waals surface area (Å²) in [6.07, 6.45) is 0. The van der Waals surface area contributed by atoms with Gasteiger partial charge in [0.1, 0.15) is 5.82 Å². The summed E-state index contributed by atoms with van der Waals surface area (Å²) in [5.41, 5.74) is 0.332. The average molecular weight is 310 g/mol. The van der Waals surface area contributed by atoms with E-state index < -0.39 is 0 Å². The molecule has 1 heterocycles. The quantitative estimate of drug-likeness (QED) is 0.849. The highest BCUT2D eigenvalue weighted by Gasteiger charge is 2.12. The number of aromatic amines is 1. The van der Waals surface area contributed by atoms with Crippen LogP contribution in [0.5, 0.6) is 0 Å². The Bertz CT molecular complexity index is 714. The van der Waals surface area contributed by atoms with E-state index in [1.165, 1.54) is 7.11 Å². The van der Waals surface area contributed by atoms with Crippen molar-refractivity contribution in [1.29, 1.82) is 0 Å². The SMILES string of the molecule is CCN(CC(=O)OC)Cc1nc2ccc(Cl)cc2c(=O)[nH]1. The summed E-state index contributed by atoms with van der Waals surface area (Å²) in [6, 6.07) is 4.97. The first-order valence-corrected chi connectivity index (χ1v) is 6.89. The fourth-order valence-corrected chi connectivity index (χ4v) is 2.14. The summed E-state index contributed by atoms with van der Waals surface area (Å²) in [6.45, 7) is 3.06. The predicted octanol–water partition coefficient (Wildman–Crippen LogP) is 1.57. The number of nitrogens with zero attached hydrogens (tertiary/aromatic N) is 2. The molecule has 6 nitrogen and oxygen atoms in total. The number of fused-ring (bicyclic) bond motifs is 1. The second kappa shape index (κ2) is 6.69. The molecule has 2 aromatic rings. The van der Waals surface area contributed by atoms with Gasteiger partial charge in [-0.05, 0) is 24.7 Å². The Hall–Kier alpha value is -1.92. The molecule has 0 bridgehead atoms. The van der Waals surface area contributed by atoms with E-state index in [0.717, 1.165) is 0 Å². The lowest BCUT2D eigenvalue weighted by atomic mass is 10.2. The molecule has 0 fully saturated rings. The van der Waals surface area contributed by atoms with Crippen LogP contribution in [0.2, 0.25) is 5.02 Å². The Labute approximate surface area is 126 Å². The molecule has 21 heavy (non-hydrogen) atoms. The molecule has 0 saturated heterocycles. The summed E-state index contributed by atoms with van der Waals surface area (Å²) in [4.78, 5) is 32.3. The summed E-state index contributed by atoms with van der Waals surface area (Å²) >= 11 is 5.87. The van der Waals surface area contributed by atoms with Gasteiger partial charge in [0.25, 0.3) is 5.56 Å². The second-order valence-corrected chi connectivity index (χ2v) is 4.99. The van der Waals surface area contributed by atoms with Crippen molar-refractivity contribution < 1.29 is 9.53 Å². The Balaban J connectivity index is 2.28. The van der Waals surface area contributed by atoms with Gasteiger partial charge in [-0.15, -0.1) is 0 Å². The van der Waals surface area contributed by atoms with E-state index in [0.29, 0.717) is 34.8 Å². The van der Waals surface area contributed by atoms with E-state index in [2.05, 4.69) is 14.7 Å². The van der Waals surface area contributed by atoms with Gasteiger partial charge in [0.2, 0.25) is 0 Å². The Morgan fingerprint density at radius 2 is 2.24 bits per heavy atom. The highest BCUT2D eigenvalue weighted by Crippen LogP contribution is 2.14. The van der Waals surface area contributed by atoms with Gasteiger partial charge < -0.3 is 9.72 Å². The van der Waals surface area contributed by atoms with Crippen molar-refractivity contribution in [3.63, 3.8) is 0 Å². The number of rotatable bonds is 5. The molecule has 0 spiro atoms. The third-order valence-corrected chi connectivity index (χ3v) is 3.35. The van der Waals surface area contributed by atoms with Crippen molar-refractivity contribution in [1.82, 2.24) is 14.9 Å². The smallest absolute Gasteiger partial charge is 0.319 e. The number of methoxy groups -OCH3 is 1. The van der Waals surface area contributed by atoms with Crippen LogP contribution >= 0.6 is 11.6 Å². The third kappa shape index (κ3) is 3.80. The summed E-state index contributed by atoms with van der Waals surface area (Å²) in [5, 5.41) is 0.936. The number of esters is 1. The number of aromatic nitrogens is 2. The minimum Gasteiger partial charge on any atom is -0.468 e. The maximum Gasteiger partial charge on any atom is 0.319 e. The van der Waals surface area contributed by atoms with Gasteiger partial charge in [0, 0.05) is 5.02 Å². The van der Waals surface area contributed by atoms with Crippen LogP contribution in [-0.4, -0.2) is 41.0 Å². The number of carbonyl (C=O) groups excluding carboxylic acids is 1. The molecular formula is C14H16ClN3O3. The Kier molecular flexibility index (Phi) is 4.93. The number of carbonyl (C=O) groups is 1. The van der Waals surface area contributed by atoms with Crippen LogP contribution in [0.15, 0.2) is 23.0 Å². The van der Waals surface area contributed by atoms with Gasteiger partial charge in [0.05, 0.1) is 31.1 Å². The molecule has 1 aromatic heterocycles. The first kappa shape index (κ1) is 15.5. The molecule has 2 rings (SSSR count). The lowest BCUT2D eigenvalue weighted by Gasteiger charge is -2.18. The first-order chi connectivity index (χ1) is 10.0. The Morgan fingerprint density at radius 1 is 1.48 bits per heavy atom. The zero-order chi connectivity index (χ0) is 15.4. The Morgan fingerprint density at radius 3 is 2.90 bits per heavy atom. The van der Waals surface area contributed by atoms with Crippen LogP contribution in [-0.2, 0) is 16.1 Å². The van der Waals surface area contributed by atoms with Gasteiger partial charge in [-0.2, -0.15) is 0 Å². The fourth-order valence-electron chi connectivity index (χ4n) is 1.97. The van der Waals surface area contributed by atoms with E-state index in [1.54, 1.807) is 18.2 Å². The standard InChI is InChI=1S/C14H16ClN3O3/c1-3-18(8-13(19)21-2)7-12-16-11-5-4-9(15)6-10(11)14(20)17-12/h4-6H,3,7-8H2,1-2H3,(H,16,17,20). The molecule has 1 N–H and O–H groups in total. The molecule has 0 saturated carbocycles. The molecule has 0 aliphatic carbocycles. The monoisotopic (exact) mass is 309 g/mol. The summed E-state index contributed by atoms with van der Waals surface area (Å²) in [7, 11) is 1.34. The van der Waals surface area contributed by atoms with E-state index in [9.17, 15) is 9.59 Å². The van der Waals surface area contributed by atoms with Gasteiger partial charge in [0.15, 0.2) is 0 Å². The van der Waals surface area contributed by atoms with Gasteiger partial charge in [-0.1, -0.05) is 18.5 Å². The van der Waals surface area contributed by atoms with Crippen LogP contribution in [0.25, 0.3) is 10.9 Å². The topological polar surface area (TPSA) is 75.3 Å².